The number of likely N-dealkylation sites (tertiary alicyclic amines) is 1. The van der Waals surface area contributed by atoms with Gasteiger partial charge in [-0.15, -0.1) is 0 Å². The van der Waals surface area contributed by atoms with Gasteiger partial charge in [0.2, 0.25) is 0 Å². The van der Waals surface area contributed by atoms with E-state index in [9.17, 15) is 13.6 Å². The summed E-state index contributed by atoms with van der Waals surface area (Å²) < 4.78 is 28.3. The van der Waals surface area contributed by atoms with Crippen LogP contribution < -0.4 is 5.73 Å². The molecule has 6 nitrogen and oxygen atoms in total. The molecule has 2 aromatic rings. The second-order valence-corrected chi connectivity index (χ2v) is 6.52. The van der Waals surface area contributed by atoms with E-state index in [-0.39, 0.29) is 28.4 Å². The third-order valence-electron chi connectivity index (χ3n) is 4.44. The zero-order chi connectivity index (χ0) is 18.1. The third kappa shape index (κ3) is 3.23. The number of rotatable bonds is 4. The summed E-state index contributed by atoms with van der Waals surface area (Å²) in [6, 6.07) is 3.05. The summed E-state index contributed by atoms with van der Waals surface area (Å²) in [5, 5.41) is 4.11. The Kier molecular flexibility index (Phi) is 5.01. The predicted octanol–water partition coefficient (Wildman–Crippen LogP) is 2.67. The van der Waals surface area contributed by atoms with Gasteiger partial charge in [-0.25, -0.2) is 18.4 Å². The predicted molar refractivity (Wildman–Crippen MR) is 89.0 cm³/mol. The van der Waals surface area contributed by atoms with Gasteiger partial charge in [0, 0.05) is 18.8 Å². The van der Waals surface area contributed by atoms with E-state index < -0.39 is 18.0 Å². The second-order valence-electron chi connectivity index (χ2n) is 6.11. The second kappa shape index (κ2) is 7.05. The first-order valence-corrected chi connectivity index (χ1v) is 8.29. The van der Waals surface area contributed by atoms with Crippen molar-refractivity contribution in [3.63, 3.8) is 0 Å². The lowest BCUT2D eigenvalue weighted by atomic mass is 10.1. The SMILES string of the molecule is CC1CC(CN)CN1C(=O)c1cnn(-c2ncccc2Cl)c1C(F)F. The van der Waals surface area contributed by atoms with E-state index in [0.717, 1.165) is 17.3 Å². The van der Waals surface area contributed by atoms with E-state index in [2.05, 4.69) is 10.1 Å². The fourth-order valence-electron chi connectivity index (χ4n) is 3.19. The zero-order valence-electron chi connectivity index (χ0n) is 13.6. The van der Waals surface area contributed by atoms with E-state index in [0.29, 0.717) is 13.1 Å². The maximum absolute atomic E-state index is 13.7. The summed E-state index contributed by atoms with van der Waals surface area (Å²) in [5.74, 6) is -0.237. The number of alkyl halides is 2. The quantitative estimate of drug-likeness (QED) is 0.898. The van der Waals surface area contributed by atoms with Gasteiger partial charge in [-0.1, -0.05) is 11.6 Å². The highest BCUT2D eigenvalue weighted by Gasteiger charge is 2.36. The minimum absolute atomic E-state index is 0.0617. The molecule has 2 atom stereocenters. The largest absolute Gasteiger partial charge is 0.335 e. The molecule has 134 valence electrons. The molecule has 0 aliphatic carbocycles. The molecule has 0 saturated carbocycles. The highest BCUT2D eigenvalue weighted by Crippen LogP contribution is 2.31. The van der Waals surface area contributed by atoms with Crippen molar-refractivity contribution in [1.82, 2.24) is 19.7 Å². The van der Waals surface area contributed by atoms with Crippen molar-refractivity contribution in [1.29, 1.82) is 0 Å². The van der Waals surface area contributed by atoms with Gasteiger partial charge in [0.05, 0.1) is 16.8 Å². The lowest BCUT2D eigenvalue weighted by Gasteiger charge is -2.21. The fraction of sp³-hybridized carbons (Fsp3) is 0.438. The molecule has 1 amide bonds. The Morgan fingerprint density at radius 2 is 2.28 bits per heavy atom. The highest BCUT2D eigenvalue weighted by molar-refractivity contribution is 6.32. The van der Waals surface area contributed by atoms with Gasteiger partial charge in [0.15, 0.2) is 5.82 Å². The van der Waals surface area contributed by atoms with Gasteiger partial charge >= 0.3 is 0 Å². The van der Waals surface area contributed by atoms with Crippen LogP contribution in [0.25, 0.3) is 5.82 Å². The van der Waals surface area contributed by atoms with Crippen LogP contribution in [0.1, 0.15) is 35.8 Å². The minimum atomic E-state index is -2.90. The lowest BCUT2D eigenvalue weighted by Crippen LogP contribution is -2.35. The van der Waals surface area contributed by atoms with Crippen molar-refractivity contribution in [2.75, 3.05) is 13.1 Å². The molecule has 1 aliphatic rings. The molecular formula is C16H18ClF2N5O. The summed E-state index contributed by atoms with van der Waals surface area (Å²) in [7, 11) is 0. The third-order valence-corrected chi connectivity index (χ3v) is 4.73. The van der Waals surface area contributed by atoms with Crippen molar-refractivity contribution in [3.8, 4) is 5.82 Å². The number of hydrogen-bond acceptors (Lipinski definition) is 4. The van der Waals surface area contributed by atoms with E-state index in [1.807, 2.05) is 6.92 Å². The summed E-state index contributed by atoms with van der Waals surface area (Å²) in [4.78, 5) is 18.4. The van der Waals surface area contributed by atoms with Gasteiger partial charge in [-0.05, 0) is 37.9 Å². The summed E-state index contributed by atoms with van der Waals surface area (Å²) in [5.41, 5.74) is 5.03. The minimum Gasteiger partial charge on any atom is -0.335 e. The first kappa shape index (κ1) is 17.8. The van der Waals surface area contributed by atoms with Gasteiger partial charge in [0.25, 0.3) is 12.3 Å². The summed E-state index contributed by atoms with van der Waals surface area (Å²) in [6.07, 6.45) is 0.431. The summed E-state index contributed by atoms with van der Waals surface area (Å²) >= 11 is 6.03. The fourth-order valence-corrected chi connectivity index (χ4v) is 3.39. The van der Waals surface area contributed by atoms with Gasteiger partial charge < -0.3 is 10.6 Å². The Morgan fingerprint density at radius 1 is 1.52 bits per heavy atom. The van der Waals surface area contributed by atoms with E-state index in [1.165, 1.54) is 12.3 Å². The van der Waals surface area contributed by atoms with E-state index in [1.54, 1.807) is 11.0 Å². The standard InChI is InChI=1S/C16H18ClF2N5O/c1-9-5-10(6-20)8-23(9)16(25)11-7-22-24(13(11)14(18)19)15-12(17)3-2-4-21-15/h2-4,7,9-10,14H,5-6,8,20H2,1H3. The van der Waals surface area contributed by atoms with Gasteiger partial charge in [-0.2, -0.15) is 5.10 Å². The van der Waals surface area contributed by atoms with E-state index >= 15 is 0 Å². The number of halogens is 3. The van der Waals surface area contributed by atoms with Crippen LogP contribution in [0.3, 0.4) is 0 Å². The Hall–Kier alpha value is -2.06. The Labute approximate surface area is 148 Å². The van der Waals surface area contributed by atoms with E-state index in [4.69, 9.17) is 17.3 Å². The van der Waals surface area contributed by atoms with Crippen molar-refractivity contribution in [3.05, 3.63) is 40.8 Å². The molecule has 0 radical (unpaired) electrons. The number of nitrogens with two attached hydrogens (primary N) is 1. The Bertz CT molecular complexity index is 782. The first-order chi connectivity index (χ1) is 11.9. The van der Waals surface area contributed by atoms with Crippen molar-refractivity contribution < 1.29 is 13.6 Å². The van der Waals surface area contributed by atoms with Crippen LogP contribution in [0.2, 0.25) is 5.02 Å². The number of carbonyl (C=O) groups excluding carboxylic acids is 1. The van der Waals surface area contributed by atoms with Crippen LogP contribution in [0, 0.1) is 5.92 Å². The molecule has 0 bridgehead atoms. The average Bonchev–Trinajstić information content (AvgIpc) is 3.18. The zero-order valence-corrected chi connectivity index (χ0v) is 14.3. The smallest absolute Gasteiger partial charge is 0.281 e. The van der Waals surface area contributed by atoms with Crippen LogP contribution >= 0.6 is 11.6 Å². The summed E-state index contributed by atoms with van der Waals surface area (Å²) in [6.45, 7) is 2.79. The molecule has 0 spiro atoms. The monoisotopic (exact) mass is 369 g/mol. The molecular weight excluding hydrogens is 352 g/mol. The van der Waals surface area contributed by atoms with Crippen LogP contribution in [0.15, 0.2) is 24.5 Å². The Balaban J connectivity index is 2.01. The molecule has 2 aromatic heterocycles. The molecule has 2 unspecified atom stereocenters. The van der Waals surface area contributed by atoms with Crippen molar-refractivity contribution in [2.45, 2.75) is 25.8 Å². The van der Waals surface area contributed by atoms with Gasteiger partial charge in [-0.3, -0.25) is 4.79 Å². The topological polar surface area (TPSA) is 77.0 Å². The van der Waals surface area contributed by atoms with Crippen LogP contribution in [0.4, 0.5) is 8.78 Å². The van der Waals surface area contributed by atoms with Crippen molar-refractivity contribution in [2.24, 2.45) is 11.7 Å². The molecule has 2 N–H and O–H groups in total. The molecule has 9 heteroatoms. The number of nitrogens with zero attached hydrogens (tertiary/aromatic N) is 4. The normalized spacial score (nSPS) is 20.5. The number of hydrogen-bond donors (Lipinski definition) is 1. The maximum atomic E-state index is 13.7. The molecule has 25 heavy (non-hydrogen) atoms. The number of aromatic nitrogens is 3. The van der Waals surface area contributed by atoms with Crippen LogP contribution in [-0.2, 0) is 0 Å². The number of pyridine rings is 1. The molecule has 3 rings (SSSR count). The molecule has 1 saturated heterocycles. The molecule has 1 aliphatic heterocycles. The van der Waals surface area contributed by atoms with Gasteiger partial charge in [0.1, 0.15) is 5.69 Å². The maximum Gasteiger partial charge on any atom is 0.281 e. The Morgan fingerprint density at radius 3 is 2.88 bits per heavy atom. The molecule has 0 aromatic carbocycles. The lowest BCUT2D eigenvalue weighted by molar-refractivity contribution is 0.0730. The van der Waals surface area contributed by atoms with Crippen LogP contribution in [-0.4, -0.2) is 44.7 Å². The first-order valence-electron chi connectivity index (χ1n) is 7.92. The van der Waals surface area contributed by atoms with Crippen molar-refractivity contribution >= 4 is 17.5 Å². The molecule has 3 heterocycles. The average molecular weight is 370 g/mol. The van der Waals surface area contributed by atoms with Crippen LogP contribution in [0.5, 0.6) is 0 Å². The molecule has 1 fully saturated rings. The highest BCUT2D eigenvalue weighted by atomic mass is 35.5. The number of carbonyl (C=O) groups is 1. The number of amides is 1.